The first-order valence-electron chi connectivity index (χ1n) is 6.14. The lowest BCUT2D eigenvalue weighted by molar-refractivity contribution is 0.303. The van der Waals surface area contributed by atoms with Crippen molar-refractivity contribution >= 4 is 0 Å². The molecule has 0 aliphatic carbocycles. The van der Waals surface area contributed by atoms with Gasteiger partial charge in [0.2, 0.25) is 0 Å². The Kier molecular flexibility index (Phi) is 4.12. The van der Waals surface area contributed by atoms with E-state index < -0.39 is 0 Å². The van der Waals surface area contributed by atoms with Crippen LogP contribution < -0.4 is 10.5 Å². The molecule has 0 fully saturated rings. The Morgan fingerprint density at radius 1 is 1.32 bits per heavy atom. The second kappa shape index (κ2) is 5.80. The van der Waals surface area contributed by atoms with Crippen molar-refractivity contribution in [1.29, 1.82) is 0 Å². The second-order valence-corrected chi connectivity index (χ2v) is 4.63. The molecule has 100 valence electrons. The van der Waals surface area contributed by atoms with E-state index in [1.807, 2.05) is 13.0 Å². The number of benzene rings is 1. The van der Waals surface area contributed by atoms with E-state index in [9.17, 15) is 4.39 Å². The molecule has 2 rings (SSSR count). The summed E-state index contributed by atoms with van der Waals surface area (Å²) >= 11 is 0. The third-order valence-corrected chi connectivity index (χ3v) is 2.80. The van der Waals surface area contributed by atoms with Gasteiger partial charge < -0.3 is 10.5 Å². The molecule has 0 saturated carbocycles. The van der Waals surface area contributed by atoms with Crippen molar-refractivity contribution in [1.82, 2.24) is 4.98 Å². The summed E-state index contributed by atoms with van der Waals surface area (Å²) in [6, 6.07) is 6.41. The number of pyridine rings is 1. The zero-order valence-corrected chi connectivity index (χ0v) is 11.1. The fourth-order valence-electron chi connectivity index (χ4n) is 1.83. The van der Waals surface area contributed by atoms with Gasteiger partial charge in [0.1, 0.15) is 18.2 Å². The number of halogens is 1. The highest BCUT2D eigenvalue weighted by molar-refractivity contribution is 5.30. The summed E-state index contributed by atoms with van der Waals surface area (Å²) in [4.78, 5) is 4.08. The van der Waals surface area contributed by atoms with E-state index in [0.29, 0.717) is 17.9 Å². The van der Waals surface area contributed by atoms with Gasteiger partial charge in [-0.3, -0.25) is 4.98 Å². The van der Waals surface area contributed by atoms with Gasteiger partial charge in [-0.1, -0.05) is 6.07 Å². The van der Waals surface area contributed by atoms with Crippen molar-refractivity contribution < 1.29 is 9.13 Å². The Morgan fingerprint density at radius 2 is 2.11 bits per heavy atom. The molecule has 2 N–H and O–H groups in total. The average molecular weight is 260 g/mol. The van der Waals surface area contributed by atoms with Crippen molar-refractivity contribution in [3.8, 4) is 5.75 Å². The number of nitrogens with two attached hydrogens (primary N) is 1. The zero-order chi connectivity index (χ0) is 13.8. The third-order valence-electron chi connectivity index (χ3n) is 2.80. The van der Waals surface area contributed by atoms with Gasteiger partial charge >= 0.3 is 0 Å². The molecule has 0 amide bonds. The van der Waals surface area contributed by atoms with Gasteiger partial charge in [0.25, 0.3) is 0 Å². The minimum absolute atomic E-state index is 0.324. The molecule has 0 saturated heterocycles. The molecule has 0 unspecified atom stereocenters. The Labute approximate surface area is 112 Å². The Morgan fingerprint density at radius 3 is 2.74 bits per heavy atom. The molecular formula is C15H17FN2O. The molecule has 1 atom stereocenters. The number of aryl methyl sites for hydroxylation is 1. The average Bonchev–Trinajstić information content (AvgIpc) is 2.36. The van der Waals surface area contributed by atoms with E-state index in [4.69, 9.17) is 10.5 Å². The first-order valence-corrected chi connectivity index (χ1v) is 6.14. The third kappa shape index (κ3) is 3.51. The fourth-order valence-corrected chi connectivity index (χ4v) is 1.83. The molecule has 1 aromatic carbocycles. The van der Waals surface area contributed by atoms with E-state index >= 15 is 0 Å². The summed E-state index contributed by atoms with van der Waals surface area (Å²) in [5.41, 5.74) is 8.17. The van der Waals surface area contributed by atoms with Crippen LogP contribution in [-0.2, 0) is 6.61 Å². The maximum absolute atomic E-state index is 13.7. The summed E-state index contributed by atoms with van der Waals surface area (Å²) in [5.74, 6) is 0.151. The van der Waals surface area contributed by atoms with Crippen LogP contribution in [0.2, 0.25) is 0 Å². The summed E-state index contributed by atoms with van der Waals surface area (Å²) in [7, 11) is 0. The normalized spacial score (nSPS) is 12.2. The van der Waals surface area contributed by atoms with Crippen molar-refractivity contribution in [3.63, 3.8) is 0 Å². The molecule has 1 aromatic heterocycles. The molecule has 2 aromatic rings. The lowest BCUT2D eigenvalue weighted by Crippen LogP contribution is -2.07. The highest BCUT2D eigenvalue weighted by atomic mass is 19.1. The standard InChI is InChI=1S/C15H17FN2O/c1-10-5-12(8-18-7-10)9-19-13-3-4-14(11(2)17)15(16)6-13/h3-8,11H,9,17H2,1-2H3/t11-/m0/s1. The molecule has 1 heterocycles. The molecular weight excluding hydrogens is 243 g/mol. The summed E-state index contributed by atoms with van der Waals surface area (Å²) in [5, 5.41) is 0. The monoisotopic (exact) mass is 260 g/mol. The van der Waals surface area contributed by atoms with E-state index in [1.165, 1.54) is 6.07 Å². The van der Waals surface area contributed by atoms with Crippen LogP contribution in [0.5, 0.6) is 5.75 Å². The molecule has 0 aliphatic rings. The number of hydrogen-bond donors (Lipinski definition) is 1. The molecule has 3 nitrogen and oxygen atoms in total. The lowest BCUT2D eigenvalue weighted by atomic mass is 10.1. The largest absolute Gasteiger partial charge is 0.489 e. The predicted molar refractivity (Wildman–Crippen MR) is 72.3 cm³/mol. The number of ether oxygens (including phenoxy) is 1. The minimum atomic E-state index is -0.338. The van der Waals surface area contributed by atoms with Crippen LogP contribution in [0.1, 0.15) is 29.7 Å². The number of hydrogen-bond acceptors (Lipinski definition) is 3. The molecule has 0 spiro atoms. The van der Waals surface area contributed by atoms with E-state index in [2.05, 4.69) is 4.98 Å². The number of nitrogens with zero attached hydrogens (tertiary/aromatic N) is 1. The predicted octanol–water partition coefficient (Wildman–Crippen LogP) is 3.13. The van der Waals surface area contributed by atoms with Crippen LogP contribution in [0.4, 0.5) is 4.39 Å². The van der Waals surface area contributed by atoms with Crippen molar-refractivity contribution in [2.24, 2.45) is 5.73 Å². The Hall–Kier alpha value is -1.94. The molecule has 0 radical (unpaired) electrons. The van der Waals surface area contributed by atoms with E-state index in [0.717, 1.165) is 11.1 Å². The zero-order valence-electron chi connectivity index (χ0n) is 11.1. The van der Waals surface area contributed by atoms with Crippen LogP contribution in [0, 0.1) is 12.7 Å². The first-order chi connectivity index (χ1) is 9.06. The summed E-state index contributed by atoms with van der Waals surface area (Å²) in [6.45, 7) is 4.08. The van der Waals surface area contributed by atoms with Gasteiger partial charge in [0, 0.05) is 35.6 Å². The number of rotatable bonds is 4. The number of aromatic nitrogens is 1. The van der Waals surface area contributed by atoms with Crippen molar-refractivity contribution in [2.75, 3.05) is 0 Å². The topological polar surface area (TPSA) is 48.1 Å². The SMILES string of the molecule is Cc1cncc(COc2ccc([C@H](C)N)c(F)c2)c1. The lowest BCUT2D eigenvalue weighted by Gasteiger charge is -2.10. The van der Waals surface area contributed by atoms with Crippen molar-refractivity contribution in [2.45, 2.75) is 26.5 Å². The highest BCUT2D eigenvalue weighted by Crippen LogP contribution is 2.21. The quantitative estimate of drug-likeness (QED) is 0.918. The molecule has 19 heavy (non-hydrogen) atoms. The van der Waals surface area contributed by atoms with Gasteiger partial charge in [-0.05, 0) is 31.5 Å². The molecule has 4 heteroatoms. The maximum atomic E-state index is 13.7. The maximum Gasteiger partial charge on any atom is 0.131 e. The highest BCUT2D eigenvalue weighted by Gasteiger charge is 2.08. The summed E-state index contributed by atoms with van der Waals surface area (Å²) < 4.78 is 19.3. The smallest absolute Gasteiger partial charge is 0.131 e. The van der Waals surface area contributed by atoms with Gasteiger partial charge in [-0.25, -0.2) is 4.39 Å². The first kappa shape index (κ1) is 13.5. The minimum Gasteiger partial charge on any atom is -0.489 e. The van der Waals surface area contributed by atoms with Gasteiger partial charge in [-0.2, -0.15) is 0 Å². The van der Waals surface area contributed by atoms with E-state index in [-0.39, 0.29) is 11.9 Å². The van der Waals surface area contributed by atoms with E-state index in [1.54, 1.807) is 31.5 Å². The Balaban J connectivity index is 2.06. The second-order valence-electron chi connectivity index (χ2n) is 4.63. The molecule has 0 aliphatic heterocycles. The molecule has 0 bridgehead atoms. The van der Waals surface area contributed by atoms with Crippen LogP contribution >= 0.6 is 0 Å². The van der Waals surface area contributed by atoms with Crippen LogP contribution in [0.15, 0.2) is 36.7 Å². The van der Waals surface area contributed by atoms with Crippen LogP contribution in [-0.4, -0.2) is 4.98 Å². The van der Waals surface area contributed by atoms with Crippen molar-refractivity contribution in [3.05, 3.63) is 59.2 Å². The summed E-state index contributed by atoms with van der Waals surface area (Å²) in [6.07, 6.45) is 3.51. The fraction of sp³-hybridized carbons (Fsp3) is 0.267. The van der Waals surface area contributed by atoms with Crippen LogP contribution in [0.25, 0.3) is 0 Å². The Bertz CT molecular complexity index is 570. The van der Waals surface area contributed by atoms with Gasteiger partial charge in [-0.15, -0.1) is 0 Å². The van der Waals surface area contributed by atoms with Gasteiger partial charge in [0.05, 0.1) is 0 Å². The van der Waals surface area contributed by atoms with Crippen LogP contribution in [0.3, 0.4) is 0 Å². The van der Waals surface area contributed by atoms with Gasteiger partial charge in [0.15, 0.2) is 0 Å².